The summed E-state index contributed by atoms with van der Waals surface area (Å²) >= 11 is 0. The SMILES string of the molecule is CCNc1ncnc(OC2CC(C)OC(C)C2)c1C(C)C. The third-order valence-electron chi connectivity index (χ3n) is 3.70. The summed E-state index contributed by atoms with van der Waals surface area (Å²) in [6.07, 6.45) is 4.01. The maximum Gasteiger partial charge on any atom is 0.222 e. The average Bonchev–Trinajstić information content (AvgIpc) is 2.37. The average molecular weight is 293 g/mol. The Bertz CT molecular complexity index is 455. The summed E-state index contributed by atoms with van der Waals surface area (Å²) in [6, 6.07) is 0. The maximum atomic E-state index is 6.20. The van der Waals surface area contributed by atoms with Crippen LogP contribution < -0.4 is 10.1 Å². The zero-order valence-electron chi connectivity index (χ0n) is 13.7. The fraction of sp³-hybridized carbons (Fsp3) is 0.750. The molecular formula is C16H27N3O2. The van der Waals surface area contributed by atoms with Crippen LogP contribution in [-0.2, 0) is 4.74 Å². The molecule has 0 amide bonds. The normalized spacial score (nSPS) is 25.9. The third-order valence-corrected chi connectivity index (χ3v) is 3.70. The van der Waals surface area contributed by atoms with Gasteiger partial charge in [0.25, 0.3) is 0 Å². The van der Waals surface area contributed by atoms with Gasteiger partial charge < -0.3 is 14.8 Å². The molecule has 1 aliphatic rings. The van der Waals surface area contributed by atoms with E-state index in [0.717, 1.165) is 30.8 Å². The minimum atomic E-state index is 0.158. The van der Waals surface area contributed by atoms with Crippen LogP contribution in [0.3, 0.4) is 0 Å². The zero-order chi connectivity index (χ0) is 15.4. The molecule has 0 radical (unpaired) electrons. The van der Waals surface area contributed by atoms with E-state index < -0.39 is 0 Å². The van der Waals surface area contributed by atoms with Crippen LogP contribution in [0.2, 0.25) is 0 Å². The van der Waals surface area contributed by atoms with Crippen LogP contribution in [0.4, 0.5) is 5.82 Å². The highest BCUT2D eigenvalue weighted by molar-refractivity contribution is 5.50. The van der Waals surface area contributed by atoms with E-state index in [1.54, 1.807) is 6.33 Å². The van der Waals surface area contributed by atoms with E-state index in [1.807, 2.05) is 0 Å². The minimum absolute atomic E-state index is 0.158. The van der Waals surface area contributed by atoms with E-state index in [9.17, 15) is 0 Å². The molecule has 2 unspecified atom stereocenters. The number of nitrogens with zero attached hydrogens (tertiary/aromatic N) is 2. The van der Waals surface area contributed by atoms with Crippen LogP contribution in [0, 0.1) is 0 Å². The van der Waals surface area contributed by atoms with Crippen LogP contribution in [-0.4, -0.2) is 34.8 Å². The summed E-state index contributed by atoms with van der Waals surface area (Å²) in [6.45, 7) is 11.4. The van der Waals surface area contributed by atoms with E-state index in [-0.39, 0.29) is 18.3 Å². The number of anilines is 1. The third kappa shape index (κ3) is 4.06. The Morgan fingerprint density at radius 1 is 1.29 bits per heavy atom. The quantitative estimate of drug-likeness (QED) is 0.902. The fourth-order valence-electron chi connectivity index (χ4n) is 2.90. The predicted molar refractivity (Wildman–Crippen MR) is 83.9 cm³/mol. The maximum absolute atomic E-state index is 6.20. The summed E-state index contributed by atoms with van der Waals surface area (Å²) in [5.74, 6) is 1.90. The van der Waals surface area contributed by atoms with Gasteiger partial charge in [-0.2, -0.15) is 0 Å². The van der Waals surface area contributed by atoms with Crippen LogP contribution in [0.5, 0.6) is 5.88 Å². The molecule has 1 aromatic rings. The van der Waals surface area contributed by atoms with Gasteiger partial charge in [0.05, 0.1) is 17.8 Å². The first-order valence-corrected chi connectivity index (χ1v) is 7.92. The molecule has 1 aliphatic heterocycles. The molecule has 0 spiro atoms. The van der Waals surface area contributed by atoms with Gasteiger partial charge in [0.15, 0.2) is 0 Å². The van der Waals surface area contributed by atoms with Gasteiger partial charge in [0.1, 0.15) is 18.2 Å². The second-order valence-electron chi connectivity index (χ2n) is 6.09. The highest BCUT2D eigenvalue weighted by atomic mass is 16.5. The van der Waals surface area contributed by atoms with E-state index in [2.05, 4.69) is 49.9 Å². The van der Waals surface area contributed by atoms with E-state index in [1.165, 1.54) is 0 Å². The molecule has 0 aromatic carbocycles. The van der Waals surface area contributed by atoms with Gasteiger partial charge in [0, 0.05) is 19.4 Å². The minimum Gasteiger partial charge on any atom is -0.474 e. The molecule has 2 rings (SSSR count). The van der Waals surface area contributed by atoms with Crippen LogP contribution >= 0.6 is 0 Å². The molecule has 5 nitrogen and oxygen atoms in total. The van der Waals surface area contributed by atoms with Gasteiger partial charge in [-0.1, -0.05) is 13.8 Å². The van der Waals surface area contributed by atoms with Crippen molar-refractivity contribution in [2.75, 3.05) is 11.9 Å². The lowest BCUT2D eigenvalue weighted by atomic mass is 10.0. The van der Waals surface area contributed by atoms with Crippen molar-refractivity contribution in [3.63, 3.8) is 0 Å². The number of hydrogen-bond donors (Lipinski definition) is 1. The lowest BCUT2D eigenvalue weighted by Gasteiger charge is -2.32. The lowest BCUT2D eigenvalue weighted by molar-refractivity contribution is -0.0731. The van der Waals surface area contributed by atoms with Gasteiger partial charge in [0.2, 0.25) is 5.88 Å². The summed E-state index contributed by atoms with van der Waals surface area (Å²) in [4.78, 5) is 8.72. The summed E-state index contributed by atoms with van der Waals surface area (Å²) in [5.41, 5.74) is 1.06. The number of aromatic nitrogens is 2. The molecule has 1 aromatic heterocycles. The Kier molecular flexibility index (Phi) is 5.39. The first-order valence-electron chi connectivity index (χ1n) is 7.92. The number of nitrogens with one attached hydrogen (secondary N) is 1. The summed E-state index contributed by atoms with van der Waals surface area (Å²) in [5, 5.41) is 3.30. The predicted octanol–water partition coefficient (Wildman–Crippen LogP) is 3.37. The van der Waals surface area contributed by atoms with Gasteiger partial charge in [-0.05, 0) is 26.7 Å². The largest absolute Gasteiger partial charge is 0.474 e. The Morgan fingerprint density at radius 3 is 2.52 bits per heavy atom. The Hall–Kier alpha value is -1.36. The zero-order valence-corrected chi connectivity index (χ0v) is 13.7. The van der Waals surface area contributed by atoms with Crippen molar-refractivity contribution < 1.29 is 9.47 Å². The molecule has 1 fully saturated rings. The molecular weight excluding hydrogens is 266 g/mol. The van der Waals surface area contributed by atoms with Gasteiger partial charge in [-0.3, -0.25) is 0 Å². The molecule has 1 saturated heterocycles. The van der Waals surface area contributed by atoms with E-state index >= 15 is 0 Å². The highest BCUT2D eigenvalue weighted by Gasteiger charge is 2.27. The smallest absolute Gasteiger partial charge is 0.222 e. The Morgan fingerprint density at radius 2 is 1.95 bits per heavy atom. The Labute approximate surface area is 127 Å². The number of hydrogen-bond acceptors (Lipinski definition) is 5. The second-order valence-corrected chi connectivity index (χ2v) is 6.09. The van der Waals surface area contributed by atoms with Crippen molar-refractivity contribution in [2.45, 2.75) is 71.7 Å². The Balaban J connectivity index is 2.20. The van der Waals surface area contributed by atoms with Crippen molar-refractivity contribution >= 4 is 5.82 Å². The monoisotopic (exact) mass is 293 g/mol. The first-order chi connectivity index (χ1) is 10.0. The first kappa shape index (κ1) is 16.0. The molecule has 0 saturated carbocycles. The molecule has 0 aliphatic carbocycles. The second kappa shape index (κ2) is 7.07. The van der Waals surface area contributed by atoms with Crippen molar-refractivity contribution in [3.05, 3.63) is 11.9 Å². The number of rotatable bonds is 5. The molecule has 21 heavy (non-hydrogen) atoms. The van der Waals surface area contributed by atoms with Crippen molar-refractivity contribution in [3.8, 4) is 5.88 Å². The molecule has 5 heteroatoms. The van der Waals surface area contributed by atoms with Gasteiger partial charge >= 0.3 is 0 Å². The van der Waals surface area contributed by atoms with Crippen LogP contribution in [0.1, 0.15) is 58.9 Å². The van der Waals surface area contributed by atoms with Gasteiger partial charge in [-0.15, -0.1) is 0 Å². The summed E-state index contributed by atoms with van der Waals surface area (Å²) in [7, 11) is 0. The molecule has 1 N–H and O–H groups in total. The van der Waals surface area contributed by atoms with Crippen molar-refractivity contribution in [1.29, 1.82) is 0 Å². The molecule has 0 bridgehead atoms. The van der Waals surface area contributed by atoms with Crippen LogP contribution in [0.15, 0.2) is 6.33 Å². The topological polar surface area (TPSA) is 56.3 Å². The lowest BCUT2D eigenvalue weighted by Crippen LogP contribution is -2.36. The summed E-state index contributed by atoms with van der Waals surface area (Å²) < 4.78 is 12.0. The van der Waals surface area contributed by atoms with Crippen LogP contribution in [0.25, 0.3) is 0 Å². The highest BCUT2D eigenvalue weighted by Crippen LogP contribution is 2.32. The van der Waals surface area contributed by atoms with Crippen molar-refractivity contribution in [1.82, 2.24) is 9.97 Å². The number of ether oxygens (including phenoxy) is 2. The fourth-order valence-corrected chi connectivity index (χ4v) is 2.90. The molecule has 2 atom stereocenters. The van der Waals surface area contributed by atoms with E-state index in [0.29, 0.717) is 11.8 Å². The van der Waals surface area contributed by atoms with Crippen molar-refractivity contribution in [2.24, 2.45) is 0 Å². The van der Waals surface area contributed by atoms with Gasteiger partial charge in [-0.25, -0.2) is 9.97 Å². The standard InChI is InChI=1S/C16H27N3O2/c1-6-17-15-14(10(2)3)16(19-9-18-15)21-13-7-11(4)20-12(5)8-13/h9-13H,6-8H2,1-5H3,(H,17,18,19). The van der Waals surface area contributed by atoms with E-state index in [4.69, 9.17) is 9.47 Å². The molecule has 2 heterocycles. The molecule has 118 valence electrons.